The van der Waals surface area contributed by atoms with E-state index in [1.807, 2.05) is 0 Å². The van der Waals surface area contributed by atoms with E-state index in [0.717, 1.165) is 12.4 Å². The molecule has 8 nitrogen and oxygen atoms in total. The minimum absolute atomic E-state index is 0.0663. The number of ether oxygens (including phenoxy) is 1. The van der Waals surface area contributed by atoms with Crippen LogP contribution in [0, 0.1) is 0 Å². The smallest absolute Gasteiger partial charge is 0.337 e. The summed E-state index contributed by atoms with van der Waals surface area (Å²) < 4.78 is 37.1. The fraction of sp³-hybridized carbons (Fsp3) is 0.136. The van der Waals surface area contributed by atoms with Gasteiger partial charge in [-0.25, -0.2) is 14.8 Å². The molecule has 0 spiro atoms. The lowest BCUT2D eigenvalue weighted by atomic mass is 10.1. The second-order valence-corrected chi connectivity index (χ2v) is 5.88. The van der Waals surface area contributed by atoms with E-state index in [2.05, 4.69) is 25.3 Å². The number of methoxy groups -OCH3 is 1. The summed E-state index contributed by atoms with van der Waals surface area (Å²) in [5, 5.41) is 4.38. The van der Waals surface area contributed by atoms with Gasteiger partial charge in [0, 0.05) is 19.1 Å². The van der Waals surface area contributed by atoms with Crippen LogP contribution in [0.15, 0.2) is 67.0 Å². The molecule has 1 aromatic heterocycles. The number of aromatic nitrogens is 2. The molecule has 0 fully saturated rings. The Morgan fingerprint density at radius 2 is 1.40 bits per heavy atom. The lowest BCUT2D eigenvalue weighted by Crippen LogP contribution is -2.27. The Balaban J connectivity index is 1.74. The van der Waals surface area contributed by atoms with Crippen LogP contribution >= 0.6 is 0 Å². The summed E-state index contributed by atoms with van der Waals surface area (Å²) in [5.41, 5.74) is -0.0630. The van der Waals surface area contributed by atoms with Gasteiger partial charge < -0.3 is 15.4 Å². The average Bonchev–Trinajstić information content (AvgIpc) is 2.83. The first-order valence-electron chi connectivity index (χ1n) is 10.7. The van der Waals surface area contributed by atoms with Crippen LogP contribution in [0.5, 0.6) is 0 Å². The van der Waals surface area contributed by atoms with E-state index >= 15 is 0 Å². The largest absolute Gasteiger partial charge is 0.465 e. The van der Waals surface area contributed by atoms with Crippen LogP contribution in [-0.4, -0.2) is 34.9 Å². The zero-order chi connectivity index (χ0) is 24.9. The predicted octanol–water partition coefficient (Wildman–Crippen LogP) is 2.12. The number of rotatable bonds is 7. The molecule has 0 saturated carbocycles. The number of hydrogen-bond acceptors (Lipinski definition) is 6. The number of hydrogen-bond donors (Lipinski definition) is 2. The van der Waals surface area contributed by atoms with E-state index in [1.54, 1.807) is 18.2 Å². The van der Waals surface area contributed by atoms with Crippen molar-refractivity contribution in [1.82, 2.24) is 20.6 Å². The second kappa shape index (κ2) is 9.92. The first kappa shape index (κ1) is 15.8. The molecule has 0 saturated heterocycles. The van der Waals surface area contributed by atoms with Crippen molar-refractivity contribution in [3.8, 4) is 0 Å². The molecule has 3 rings (SSSR count). The van der Waals surface area contributed by atoms with Crippen LogP contribution < -0.4 is 10.6 Å². The molecule has 2 N–H and O–H groups in total. The Labute approximate surface area is 178 Å². The molecule has 3 aromatic rings. The SMILES string of the molecule is [2H]C([2H])(NC(=O)c1cc(C(=O)NC([2H])([2H])c2ccc(C(=O)OC)cc2)ncn1)c1ccccc1. The second-order valence-electron chi connectivity index (χ2n) is 5.88. The Morgan fingerprint density at radius 1 is 0.867 bits per heavy atom. The molecule has 30 heavy (non-hydrogen) atoms. The maximum Gasteiger partial charge on any atom is 0.337 e. The highest BCUT2D eigenvalue weighted by atomic mass is 16.5. The van der Waals surface area contributed by atoms with E-state index in [9.17, 15) is 14.4 Å². The molecular formula is C22H20N4O4. The molecule has 0 aliphatic rings. The van der Waals surface area contributed by atoms with Crippen molar-refractivity contribution in [2.24, 2.45) is 0 Å². The quantitative estimate of drug-likeness (QED) is 0.580. The molecule has 0 atom stereocenters. The highest BCUT2D eigenvalue weighted by molar-refractivity contribution is 5.97. The topological polar surface area (TPSA) is 110 Å². The van der Waals surface area contributed by atoms with E-state index in [0.29, 0.717) is 0 Å². The Bertz CT molecular complexity index is 1210. The van der Waals surface area contributed by atoms with Gasteiger partial charge in [-0.1, -0.05) is 42.5 Å². The number of nitrogens with one attached hydrogen (secondary N) is 2. The van der Waals surface area contributed by atoms with E-state index in [4.69, 9.17) is 5.48 Å². The summed E-state index contributed by atoms with van der Waals surface area (Å²) in [7, 11) is 1.22. The molecular weight excluding hydrogens is 384 g/mol. The third-order valence-corrected chi connectivity index (χ3v) is 3.85. The molecule has 8 heteroatoms. The van der Waals surface area contributed by atoms with Gasteiger partial charge in [0.05, 0.1) is 18.2 Å². The van der Waals surface area contributed by atoms with Crippen LogP contribution in [0.4, 0.5) is 0 Å². The number of benzene rings is 2. The number of carbonyl (C=O) groups is 3. The van der Waals surface area contributed by atoms with Crippen molar-refractivity contribution in [3.05, 3.63) is 95.1 Å². The molecule has 2 amide bonds. The minimum Gasteiger partial charge on any atom is -0.465 e. The van der Waals surface area contributed by atoms with Gasteiger partial charge in [-0.3, -0.25) is 9.59 Å². The number of nitrogens with zero attached hydrogens (tertiary/aromatic N) is 2. The van der Waals surface area contributed by atoms with Gasteiger partial charge in [0.1, 0.15) is 17.7 Å². The first-order valence-corrected chi connectivity index (χ1v) is 8.75. The van der Waals surface area contributed by atoms with Crippen molar-refractivity contribution in [2.45, 2.75) is 13.0 Å². The summed E-state index contributed by atoms with van der Waals surface area (Å²) in [5.74, 6) is -2.39. The first-order chi connectivity index (χ1) is 16.0. The fourth-order valence-electron chi connectivity index (χ4n) is 2.32. The summed E-state index contributed by atoms with van der Waals surface area (Å²) in [6, 6.07) is 14.4. The molecule has 0 bridgehead atoms. The van der Waals surface area contributed by atoms with Gasteiger partial charge >= 0.3 is 5.97 Å². The van der Waals surface area contributed by atoms with Crippen molar-refractivity contribution in [2.75, 3.05) is 7.11 Å². The van der Waals surface area contributed by atoms with Crippen LogP contribution in [0.3, 0.4) is 0 Å². The van der Waals surface area contributed by atoms with Crippen molar-refractivity contribution in [3.63, 3.8) is 0 Å². The molecule has 0 radical (unpaired) electrons. The normalized spacial score (nSPS) is 13.1. The fourth-order valence-corrected chi connectivity index (χ4v) is 2.32. The average molecular weight is 408 g/mol. The zero-order valence-corrected chi connectivity index (χ0v) is 15.9. The molecule has 0 unspecified atom stereocenters. The highest BCUT2D eigenvalue weighted by Gasteiger charge is 2.13. The van der Waals surface area contributed by atoms with Crippen LogP contribution in [0.25, 0.3) is 0 Å². The van der Waals surface area contributed by atoms with Gasteiger partial charge in [0.2, 0.25) is 0 Å². The monoisotopic (exact) mass is 408 g/mol. The summed E-state index contributed by atoms with van der Waals surface area (Å²) >= 11 is 0. The van der Waals surface area contributed by atoms with Gasteiger partial charge in [0.15, 0.2) is 0 Å². The van der Waals surface area contributed by atoms with Gasteiger partial charge in [-0.05, 0) is 23.3 Å². The van der Waals surface area contributed by atoms with Gasteiger partial charge in [-0.2, -0.15) is 0 Å². The molecule has 1 heterocycles. The number of esters is 1. The zero-order valence-electron chi connectivity index (χ0n) is 19.9. The van der Waals surface area contributed by atoms with E-state index in [1.165, 1.54) is 43.5 Å². The minimum atomic E-state index is -2.33. The lowest BCUT2D eigenvalue weighted by Gasteiger charge is -2.07. The molecule has 0 aliphatic heterocycles. The van der Waals surface area contributed by atoms with Crippen molar-refractivity contribution < 1.29 is 24.6 Å². The van der Waals surface area contributed by atoms with Crippen LogP contribution in [-0.2, 0) is 17.7 Å². The number of amides is 2. The van der Waals surface area contributed by atoms with Crippen LogP contribution in [0.1, 0.15) is 47.9 Å². The van der Waals surface area contributed by atoms with Crippen molar-refractivity contribution >= 4 is 17.8 Å². The predicted molar refractivity (Wildman–Crippen MR) is 109 cm³/mol. The maximum atomic E-state index is 12.6. The third kappa shape index (κ3) is 5.48. The molecule has 152 valence electrons. The lowest BCUT2D eigenvalue weighted by molar-refractivity contribution is 0.0600. The Hall–Kier alpha value is -4.07. The standard InChI is InChI=1S/C22H20N4O4/c1-30-22(29)17-9-7-16(8-10-17)13-24-21(28)19-11-18(25-14-26-19)20(27)23-12-15-5-3-2-4-6-15/h2-11,14H,12-13H2,1H3,(H,23,27)(H,24,28)/i12D2,13D2. The Kier molecular flexibility index (Phi) is 5.23. The van der Waals surface area contributed by atoms with E-state index in [-0.39, 0.29) is 28.1 Å². The third-order valence-electron chi connectivity index (χ3n) is 3.85. The van der Waals surface area contributed by atoms with E-state index < -0.39 is 30.8 Å². The Morgan fingerprint density at radius 3 is 1.93 bits per heavy atom. The van der Waals surface area contributed by atoms with Crippen molar-refractivity contribution in [1.29, 1.82) is 0 Å². The maximum absolute atomic E-state index is 12.6. The molecule has 0 aliphatic carbocycles. The highest BCUT2D eigenvalue weighted by Crippen LogP contribution is 2.06. The summed E-state index contributed by atoms with van der Waals surface area (Å²) in [6.07, 6.45) is 0.947. The summed E-state index contributed by atoms with van der Waals surface area (Å²) in [4.78, 5) is 44.3. The van der Waals surface area contributed by atoms with Gasteiger partial charge in [0.25, 0.3) is 11.8 Å². The summed E-state index contributed by atoms with van der Waals surface area (Å²) in [6.45, 7) is -4.52. The number of carbonyl (C=O) groups excluding carboxylic acids is 3. The molecule has 2 aromatic carbocycles. The van der Waals surface area contributed by atoms with Crippen LogP contribution in [0.2, 0.25) is 0 Å². The van der Waals surface area contributed by atoms with Gasteiger partial charge in [-0.15, -0.1) is 0 Å².